The third kappa shape index (κ3) is 4.10. The van der Waals surface area contributed by atoms with E-state index >= 15 is 0 Å². The molecule has 3 rings (SSSR count). The van der Waals surface area contributed by atoms with E-state index < -0.39 is 0 Å². The monoisotopic (exact) mass is 402 g/mol. The number of phenols is 1. The van der Waals surface area contributed by atoms with Crippen LogP contribution in [0.3, 0.4) is 0 Å². The Bertz CT molecular complexity index is 768. The molecule has 3 nitrogen and oxygen atoms in total. The molecule has 1 unspecified atom stereocenters. The van der Waals surface area contributed by atoms with Crippen molar-refractivity contribution in [3.63, 3.8) is 0 Å². The fourth-order valence-corrected chi connectivity index (χ4v) is 5.49. The predicted molar refractivity (Wildman–Crippen MR) is 120 cm³/mol. The third-order valence-corrected chi connectivity index (χ3v) is 7.58. The second-order valence-corrected chi connectivity index (χ2v) is 9.20. The number of anilines is 2. The number of hydrogen-bond acceptors (Lipinski definition) is 5. The van der Waals surface area contributed by atoms with Crippen molar-refractivity contribution in [2.75, 3.05) is 24.7 Å². The van der Waals surface area contributed by atoms with E-state index in [1.165, 1.54) is 30.6 Å². The summed E-state index contributed by atoms with van der Waals surface area (Å²) in [7, 11) is 2.21. The van der Waals surface area contributed by atoms with Crippen molar-refractivity contribution in [2.45, 2.75) is 54.9 Å². The average Bonchev–Trinajstić information content (AvgIpc) is 2.81. The zero-order chi connectivity index (χ0) is 19.4. The van der Waals surface area contributed by atoms with Crippen molar-refractivity contribution in [1.82, 2.24) is 4.31 Å². The van der Waals surface area contributed by atoms with Gasteiger partial charge in [-0.25, -0.2) is 4.31 Å². The van der Waals surface area contributed by atoms with Gasteiger partial charge in [0.05, 0.1) is 15.5 Å². The van der Waals surface area contributed by atoms with Gasteiger partial charge in [0.25, 0.3) is 0 Å². The normalized spacial score (nSPS) is 20.4. The lowest BCUT2D eigenvalue weighted by Gasteiger charge is -2.42. The van der Waals surface area contributed by atoms with Gasteiger partial charge in [-0.3, -0.25) is 0 Å². The molecule has 1 aliphatic rings. The lowest BCUT2D eigenvalue weighted by Crippen LogP contribution is -2.49. The van der Waals surface area contributed by atoms with Crippen LogP contribution >= 0.6 is 23.7 Å². The second-order valence-electron chi connectivity index (χ2n) is 7.18. The highest BCUT2D eigenvalue weighted by molar-refractivity contribution is 7.98. The first kappa shape index (κ1) is 20.4. The van der Waals surface area contributed by atoms with Crippen LogP contribution in [0.1, 0.15) is 39.5 Å². The molecule has 0 fully saturated rings. The highest BCUT2D eigenvalue weighted by Gasteiger charge is 2.39. The van der Waals surface area contributed by atoms with Crippen molar-refractivity contribution in [3.8, 4) is 5.75 Å². The number of benzene rings is 2. The maximum atomic E-state index is 10.5. The summed E-state index contributed by atoms with van der Waals surface area (Å²) in [6, 6.07) is 14.7. The van der Waals surface area contributed by atoms with Crippen LogP contribution in [0.4, 0.5) is 11.4 Å². The minimum atomic E-state index is 0.0880. The maximum absolute atomic E-state index is 10.5. The number of aromatic hydroxyl groups is 1. The molecule has 0 saturated heterocycles. The van der Waals surface area contributed by atoms with Crippen LogP contribution in [-0.2, 0) is 0 Å². The molecule has 1 atom stereocenters. The lowest BCUT2D eigenvalue weighted by atomic mass is 9.88. The first-order valence-electron chi connectivity index (χ1n) is 9.70. The van der Waals surface area contributed by atoms with Crippen LogP contribution in [-0.4, -0.2) is 34.8 Å². The third-order valence-electron chi connectivity index (χ3n) is 5.63. The van der Waals surface area contributed by atoms with Crippen molar-refractivity contribution in [2.24, 2.45) is 0 Å². The predicted octanol–water partition coefficient (Wildman–Crippen LogP) is 6.54. The molecule has 0 spiro atoms. The Morgan fingerprint density at radius 1 is 1.19 bits per heavy atom. The zero-order valence-electron chi connectivity index (χ0n) is 16.7. The standard InChI is InChI=1S/C22H30N2OS2/c1-5-7-13-22(6-2)16-24(17-11-9-8-10-12-17)18-14-21(26-4)19(25)15-20(18)27-23(22)3/h8-12,14-15,25H,5-7,13,16H2,1-4H3. The fraction of sp³-hybridized carbons (Fsp3) is 0.455. The molecule has 5 heteroatoms. The molecule has 0 saturated carbocycles. The Morgan fingerprint density at radius 2 is 1.93 bits per heavy atom. The summed E-state index contributed by atoms with van der Waals surface area (Å²) in [4.78, 5) is 4.49. The van der Waals surface area contributed by atoms with E-state index in [9.17, 15) is 5.11 Å². The molecule has 1 N–H and O–H groups in total. The molecule has 1 heterocycles. The van der Waals surface area contributed by atoms with Crippen LogP contribution in [0.25, 0.3) is 0 Å². The Balaban J connectivity index is 2.15. The van der Waals surface area contributed by atoms with Gasteiger partial charge in [-0.2, -0.15) is 0 Å². The van der Waals surface area contributed by atoms with Gasteiger partial charge in [0.2, 0.25) is 0 Å². The van der Waals surface area contributed by atoms with Gasteiger partial charge in [-0.05, 0) is 62.4 Å². The van der Waals surface area contributed by atoms with Gasteiger partial charge in [-0.1, -0.05) is 44.9 Å². The fourth-order valence-electron chi connectivity index (χ4n) is 3.80. The summed E-state index contributed by atoms with van der Waals surface area (Å²) in [5.74, 6) is 0.368. The molecule has 0 radical (unpaired) electrons. The van der Waals surface area contributed by atoms with Gasteiger partial charge < -0.3 is 10.0 Å². The number of nitrogens with zero attached hydrogens (tertiary/aromatic N) is 2. The van der Waals surface area contributed by atoms with E-state index in [-0.39, 0.29) is 5.54 Å². The minimum absolute atomic E-state index is 0.0880. The summed E-state index contributed by atoms with van der Waals surface area (Å²) in [5, 5.41) is 10.5. The summed E-state index contributed by atoms with van der Waals surface area (Å²) in [6.45, 7) is 5.51. The van der Waals surface area contributed by atoms with Crippen molar-refractivity contribution < 1.29 is 5.11 Å². The lowest BCUT2D eigenvalue weighted by molar-refractivity contribution is 0.212. The number of thioether (sulfide) groups is 1. The summed E-state index contributed by atoms with van der Waals surface area (Å²) < 4.78 is 2.43. The maximum Gasteiger partial charge on any atom is 0.130 e. The molecule has 2 aromatic carbocycles. The highest BCUT2D eigenvalue weighted by atomic mass is 32.2. The number of rotatable bonds is 6. The molecule has 0 bridgehead atoms. The van der Waals surface area contributed by atoms with Crippen LogP contribution in [0.15, 0.2) is 52.3 Å². The first-order chi connectivity index (χ1) is 13.0. The Morgan fingerprint density at radius 3 is 2.56 bits per heavy atom. The van der Waals surface area contributed by atoms with Gasteiger partial charge in [0.1, 0.15) is 5.75 Å². The van der Waals surface area contributed by atoms with Crippen LogP contribution in [0.5, 0.6) is 5.75 Å². The van der Waals surface area contributed by atoms with Crippen molar-refractivity contribution in [3.05, 3.63) is 42.5 Å². The van der Waals surface area contributed by atoms with Gasteiger partial charge in [0, 0.05) is 17.8 Å². The van der Waals surface area contributed by atoms with E-state index in [1.807, 2.05) is 12.3 Å². The average molecular weight is 403 g/mol. The molecule has 0 aromatic heterocycles. The first-order valence-corrected chi connectivity index (χ1v) is 11.7. The van der Waals surface area contributed by atoms with Crippen LogP contribution < -0.4 is 4.90 Å². The number of likely N-dealkylation sites (N-methyl/N-ethyl adjacent to an activating group) is 1. The Labute approximate surface area is 172 Å². The molecule has 0 amide bonds. The van der Waals surface area contributed by atoms with Gasteiger partial charge in [-0.15, -0.1) is 11.8 Å². The quantitative estimate of drug-likeness (QED) is 0.437. The molecule has 1 aliphatic heterocycles. The molecular formula is C22H30N2OS2. The van der Waals surface area contributed by atoms with Crippen molar-refractivity contribution >= 4 is 35.1 Å². The minimum Gasteiger partial charge on any atom is -0.507 e. The van der Waals surface area contributed by atoms with Crippen LogP contribution in [0.2, 0.25) is 0 Å². The molecule has 27 heavy (non-hydrogen) atoms. The number of fused-ring (bicyclic) bond motifs is 1. The van der Waals surface area contributed by atoms with Gasteiger partial charge in [0.15, 0.2) is 0 Å². The molecular weight excluding hydrogens is 372 g/mol. The topological polar surface area (TPSA) is 26.7 Å². The molecule has 146 valence electrons. The van der Waals surface area contributed by atoms with E-state index in [4.69, 9.17) is 0 Å². The van der Waals surface area contributed by atoms with Crippen molar-refractivity contribution in [1.29, 1.82) is 0 Å². The van der Waals surface area contributed by atoms with E-state index in [0.29, 0.717) is 5.75 Å². The SMILES string of the molecule is CCCCC1(CC)CN(c2ccccc2)c2cc(SC)c(O)cc2SN1C. The Kier molecular flexibility index (Phi) is 6.66. The Hall–Kier alpha value is -1.30. The number of unbranched alkanes of at least 4 members (excludes halogenated alkanes) is 1. The number of phenolic OH excluding ortho intramolecular Hbond substituents is 1. The van der Waals surface area contributed by atoms with E-state index in [2.05, 4.69) is 66.5 Å². The largest absolute Gasteiger partial charge is 0.507 e. The summed E-state index contributed by atoms with van der Waals surface area (Å²) >= 11 is 3.36. The van der Waals surface area contributed by atoms with E-state index in [1.54, 1.807) is 23.7 Å². The molecule has 0 aliphatic carbocycles. The number of hydrogen-bond donors (Lipinski definition) is 1. The smallest absolute Gasteiger partial charge is 0.130 e. The van der Waals surface area contributed by atoms with E-state index in [0.717, 1.165) is 22.8 Å². The molecule has 2 aromatic rings. The highest BCUT2D eigenvalue weighted by Crippen LogP contribution is 2.48. The summed E-state index contributed by atoms with van der Waals surface area (Å²) in [6.07, 6.45) is 6.70. The number of para-hydroxylation sites is 1. The van der Waals surface area contributed by atoms with Crippen LogP contribution in [0, 0.1) is 0 Å². The zero-order valence-corrected chi connectivity index (χ0v) is 18.4. The second kappa shape index (κ2) is 8.80. The van der Waals surface area contributed by atoms with Gasteiger partial charge >= 0.3 is 0 Å². The summed E-state index contributed by atoms with van der Waals surface area (Å²) in [5.41, 5.74) is 2.48.